The van der Waals surface area contributed by atoms with Gasteiger partial charge in [-0.05, 0) is 42.0 Å². The van der Waals surface area contributed by atoms with E-state index in [1.54, 1.807) is 11.0 Å². The van der Waals surface area contributed by atoms with Gasteiger partial charge in [0, 0.05) is 44.8 Å². The highest BCUT2D eigenvalue weighted by Crippen LogP contribution is 2.38. The maximum atomic E-state index is 13.6. The lowest BCUT2D eigenvalue weighted by Crippen LogP contribution is -2.50. The first-order chi connectivity index (χ1) is 14.5. The molecule has 1 atom stereocenters. The van der Waals surface area contributed by atoms with Gasteiger partial charge in [0.2, 0.25) is 5.91 Å². The molecule has 30 heavy (non-hydrogen) atoms. The summed E-state index contributed by atoms with van der Waals surface area (Å²) in [4.78, 5) is 30.7. The Balaban J connectivity index is 1.30. The molecule has 0 spiro atoms. The van der Waals surface area contributed by atoms with Crippen LogP contribution in [0, 0.1) is 11.6 Å². The minimum atomic E-state index is -0.359. The fraction of sp³-hybridized carbons (Fsp3) is 0.364. The standard InChI is InChI=1S/C22H23F2N3O2S/c23-18-6-4-16(5-7-18)21(29)26-11-8-25(9-12-26)10-13-27-20(28)15-30-22(27)17-2-1-3-19(24)14-17/h1-7,14,22H,8-13,15H2. The van der Waals surface area contributed by atoms with Crippen LogP contribution in [0.5, 0.6) is 0 Å². The normalized spacial score (nSPS) is 20.1. The van der Waals surface area contributed by atoms with Gasteiger partial charge >= 0.3 is 0 Å². The second kappa shape index (κ2) is 9.14. The van der Waals surface area contributed by atoms with Gasteiger partial charge in [-0.25, -0.2) is 8.78 Å². The Morgan fingerprint density at radius 1 is 0.967 bits per heavy atom. The SMILES string of the molecule is O=C(c1ccc(F)cc1)N1CCN(CCN2C(=O)CSC2c2cccc(F)c2)CC1. The molecule has 4 rings (SSSR count). The van der Waals surface area contributed by atoms with Crippen LogP contribution < -0.4 is 0 Å². The molecule has 2 aliphatic heterocycles. The molecule has 5 nitrogen and oxygen atoms in total. The number of carbonyl (C=O) groups is 2. The fourth-order valence-electron chi connectivity index (χ4n) is 3.83. The Morgan fingerprint density at radius 2 is 1.70 bits per heavy atom. The summed E-state index contributed by atoms with van der Waals surface area (Å²) in [7, 11) is 0. The van der Waals surface area contributed by atoms with Crippen molar-refractivity contribution in [3.05, 3.63) is 71.3 Å². The van der Waals surface area contributed by atoms with Crippen molar-refractivity contribution in [1.82, 2.24) is 14.7 Å². The van der Waals surface area contributed by atoms with E-state index in [4.69, 9.17) is 0 Å². The highest BCUT2D eigenvalue weighted by molar-refractivity contribution is 8.00. The third-order valence-electron chi connectivity index (χ3n) is 5.51. The highest BCUT2D eigenvalue weighted by Gasteiger charge is 2.33. The van der Waals surface area contributed by atoms with Crippen molar-refractivity contribution in [2.45, 2.75) is 5.37 Å². The minimum Gasteiger partial charge on any atom is -0.336 e. The largest absolute Gasteiger partial charge is 0.336 e. The first kappa shape index (κ1) is 20.8. The zero-order chi connectivity index (χ0) is 21.1. The van der Waals surface area contributed by atoms with Crippen molar-refractivity contribution in [2.24, 2.45) is 0 Å². The Kier molecular flexibility index (Phi) is 6.34. The minimum absolute atomic E-state index is 0.0689. The maximum absolute atomic E-state index is 13.6. The van der Waals surface area contributed by atoms with E-state index < -0.39 is 0 Å². The van der Waals surface area contributed by atoms with E-state index in [-0.39, 0.29) is 28.8 Å². The Labute approximate surface area is 178 Å². The molecule has 158 valence electrons. The van der Waals surface area contributed by atoms with Crippen LogP contribution in [0.15, 0.2) is 48.5 Å². The Bertz CT molecular complexity index is 917. The van der Waals surface area contributed by atoms with Crippen LogP contribution in [0.25, 0.3) is 0 Å². The summed E-state index contributed by atoms with van der Waals surface area (Å²) < 4.78 is 26.7. The summed E-state index contributed by atoms with van der Waals surface area (Å²) in [6, 6.07) is 12.0. The molecule has 0 aromatic heterocycles. The number of carbonyl (C=O) groups excluding carboxylic acids is 2. The predicted octanol–water partition coefficient (Wildman–Crippen LogP) is 3.00. The van der Waals surface area contributed by atoms with Gasteiger partial charge in [-0.3, -0.25) is 14.5 Å². The second-order valence-corrected chi connectivity index (χ2v) is 8.51. The van der Waals surface area contributed by atoms with Gasteiger partial charge in [-0.15, -0.1) is 11.8 Å². The topological polar surface area (TPSA) is 43.9 Å². The Hall–Kier alpha value is -2.45. The molecule has 2 heterocycles. The van der Waals surface area contributed by atoms with E-state index in [0.717, 1.165) is 5.56 Å². The summed E-state index contributed by atoms with van der Waals surface area (Å²) in [6.07, 6.45) is 0. The van der Waals surface area contributed by atoms with E-state index in [1.807, 2.05) is 11.0 Å². The van der Waals surface area contributed by atoms with Crippen LogP contribution in [-0.2, 0) is 4.79 Å². The third kappa shape index (κ3) is 4.65. The van der Waals surface area contributed by atoms with Crippen LogP contribution in [0.2, 0.25) is 0 Å². The van der Waals surface area contributed by atoms with Gasteiger partial charge in [0.1, 0.15) is 17.0 Å². The van der Waals surface area contributed by atoms with Crippen molar-refractivity contribution in [2.75, 3.05) is 45.0 Å². The number of hydrogen-bond donors (Lipinski definition) is 0. The molecule has 1 unspecified atom stereocenters. The van der Waals surface area contributed by atoms with Crippen molar-refractivity contribution in [1.29, 1.82) is 0 Å². The molecule has 2 aromatic carbocycles. The summed E-state index contributed by atoms with van der Waals surface area (Å²) in [5, 5.41) is -0.158. The number of amides is 2. The van der Waals surface area contributed by atoms with E-state index >= 15 is 0 Å². The lowest BCUT2D eigenvalue weighted by Gasteiger charge is -2.36. The Morgan fingerprint density at radius 3 is 2.40 bits per heavy atom. The number of nitrogens with zero attached hydrogens (tertiary/aromatic N) is 3. The molecule has 0 aliphatic carbocycles. The molecule has 0 saturated carbocycles. The number of thioether (sulfide) groups is 1. The molecule has 8 heteroatoms. The number of benzene rings is 2. The van der Waals surface area contributed by atoms with Crippen LogP contribution in [-0.4, -0.2) is 71.5 Å². The number of hydrogen-bond acceptors (Lipinski definition) is 4. The molecule has 2 fully saturated rings. The van der Waals surface area contributed by atoms with Gasteiger partial charge in [0.25, 0.3) is 5.91 Å². The predicted molar refractivity (Wildman–Crippen MR) is 112 cm³/mol. The summed E-state index contributed by atoms with van der Waals surface area (Å²) in [5.41, 5.74) is 1.29. The summed E-state index contributed by atoms with van der Waals surface area (Å²) in [5.74, 6) is -0.274. The highest BCUT2D eigenvalue weighted by atomic mass is 32.2. The van der Waals surface area contributed by atoms with Gasteiger partial charge in [0.15, 0.2) is 0 Å². The fourth-order valence-corrected chi connectivity index (χ4v) is 5.04. The van der Waals surface area contributed by atoms with E-state index in [0.29, 0.717) is 50.6 Å². The molecule has 2 saturated heterocycles. The van der Waals surface area contributed by atoms with Crippen LogP contribution >= 0.6 is 11.8 Å². The zero-order valence-corrected chi connectivity index (χ0v) is 17.3. The van der Waals surface area contributed by atoms with E-state index in [9.17, 15) is 18.4 Å². The van der Waals surface area contributed by atoms with Gasteiger partial charge < -0.3 is 9.80 Å². The molecule has 0 radical (unpaired) electrons. The zero-order valence-electron chi connectivity index (χ0n) is 16.5. The van der Waals surface area contributed by atoms with Crippen LogP contribution in [0.1, 0.15) is 21.3 Å². The molecular formula is C22H23F2N3O2S. The van der Waals surface area contributed by atoms with Gasteiger partial charge in [-0.1, -0.05) is 12.1 Å². The van der Waals surface area contributed by atoms with Crippen LogP contribution in [0.3, 0.4) is 0 Å². The van der Waals surface area contributed by atoms with Crippen molar-refractivity contribution < 1.29 is 18.4 Å². The first-order valence-electron chi connectivity index (χ1n) is 9.95. The second-order valence-electron chi connectivity index (χ2n) is 7.45. The van der Waals surface area contributed by atoms with Gasteiger partial charge in [-0.2, -0.15) is 0 Å². The molecule has 2 aliphatic rings. The maximum Gasteiger partial charge on any atom is 0.253 e. The van der Waals surface area contributed by atoms with Crippen molar-refractivity contribution >= 4 is 23.6 Å². The average molecular weight is 432 g/mol. The van der Waals surface area contributed by atoms with E-state index in [1.165, 1.54) is 48.2 Å². The molecule has 2 amide bonds. The van der Waals surface area contributed by atoms with Crippen LogP contribution in [0.4, 0.5) is 8.78 Å². The number of piperazine rings is 1. The number of rotatable bonds is 5. The quantitative estimate of drug-likeness (QED) is 0.730. The molecule has 2 aromatic rings. The molecule has 0 N–H and O–H groups in total. The first-order valence-corrected chi connectivity index (χ1v) is 11.0. The summed E-state index contributed by atoms with van der Waals surface area (Å²) >= 11 is 1.52. The smallest absolute Gasteiger partial charge is 0.253 e. The third-order valence-corrected chi connectivity index (χ3v) is 6.77. The van der Waals surface area contributed by atoms with Crippen molar-refractivity contribution in [3.8, 4) is 0 Å². The molecular weight excluding hydrogens is 408 g/mol. The average Bonchev–Trinajstić information content (AvgIpc) is 3.13. The monoisotopic (exact) mass is 431 g/mol. The molecule has 0 bridgehead atoms. The van der Waals surface area contributed by atoms with Crippen molar-refractivity contribution in [3.63, 3.8) is 0 Å². The summed E-state index contributed by atoms with van der Waals surface area (Å²) in [6.45, 7) is 3.88. The van der Waals surface area contributed by atoms with Gasteiger partial charge in [0.05, 0.1) is 5.75 Å². The number of halogens is 2. The van der Waals surface area contributed by atoms with E-state index in [2.05, 4.69) is 4.90 Å². The lowest BCUT2D eigenvalue weighted by atomic mass is 10.1. The lowest BCUT2D eigenvalue weighted by molar-refractivity contribution is -0.128.